The van der Waals surface area contributed by atoms with Crippen molar-refractivity contribution in [3.05, 3.63) is 22.8 Å². The van der Waals surface area contributed by atoms with Crippen LogP contribution < -0.4 is 4.90 Å². The number of pyridine rings is 1. The second-order valence-corrected chi connectivity index (χ2v) is 5.47. The summed E-state index contributed by atoms with van der Waals surface area (Å²) in [5, 5.41) is 0. The Bertz CT molecular complexity index is 506. The van der Waals surface area contributed by atoms with E-state index in [9.17, 15) is 9.59 Å². The minimum absolute atomic E-state index is 0.150. The molecule has 2 rings (SSSR count). The maximum Gasteiger partial charge on any atom is 0.410 e. The Kier molecular flexibility index (Phi) is 4.59. The maximum absolute atomic E-state index is 12.5. The van der Waals surface area contributed by atoms with Crippen LogP contribution in [0.3, 0.4) is 0 Å². The average Bonchev–Trinajstić information content (AvgIpc) is 2.95. The molecule has 1 saturated heterocycles. The van der Waals surface area contributed by atoms with Gasteiger partial charge in [0, 0.05) is 24.3 Å². The molecule has 1 aliphatic heterocycles. The molecule has 1 aromatic rings. The highest BCUT2D eigenvalue weighted by Gasteiger charge is 2.36. The molecule has 1 aliphatic rings. The molecular weight excluding hydrogens is 326 g/mol. The minimum atomic E-state index is -0.474. The first-order valence-corrected chi connectivity index (χ1v) is 7.07. The number of ether oxygens (including phenoxy) is 1. The van der Waals surface area contributed by atoms with Gasteiger partial charge in [-0.05, 0) is 40.9 Å². The van der Waals surface area contributed by atoms with Crippen LogP contribution >= 0.6 is 15.9 Å². The molecule has 6 nitrogen and oxygen atoms in total. The second kappa shape index (κ2) is 6.21. The van der Waals surface area contributed by atoms with Gasteiger partial charge < -0.3 is 4.74 Å². The Morgan fingerprint density at radius 2 is 2.25 bits per heavy atom. The molecule has 2 heterocycles. The van der Waals surface area contributed by atoms with E-state index in [-0.39, 0.29) is 5.91 Å². The number of methoxy groups -OCH3 is 1. The summed E-state index contributed by atoms with van der Waals surface area (Å²) in [7, 11) is 2.98. The number of likely N-dealkylation sites (N-methyl/N-ethyl adjacent to an activating group) is 1. The van der Waals surface area contributed by atoms with Crippen molar-refractivity contribution in [1.82, 2.24) is 9.88 Å². The van der Waals surface area contributed by atoms with Gasteiger partial charge in [0.2, 0.25) is 0 Å². The first-order chi connectivity index (χ1) is 9.54. The van der Waals surface area contributed by atoms with Crippen LogP contribution in [-0.2, 0) is 9.53 Å². The number of hydrogen-bond acceptors (Lipinski definition) is 4. The topological polar surface area (TPSA) is 62.7 Å². The SMILES string of the molecule is COC(=O)N1CCC[C@@H]1C(=O)N(C)c1ccc(Br)cn1. The van der Waals surface area contributed by atoms with E-state index < -0.39 is 12.1 Å². The van der Waals surface area contributed by atoms with Crippen LogP contribution in [0.4, 0.5) is 10.6 Å². The van der Waals surface area contributed by atoms with Crippen LogP contribution in [0, 0.1) is 0 Å². The van der Waals surface area contributed by atoms with E-state index in [4.69, 9.17) is 4.74 Å². The number of hydrogen-bond donors (Lipinski definition) is 0. The largest absolute Gasteiger partial charge is 0.453 e. The van der Waals surface area contributed by atoms with Crippen molar-refractivity contribution in [2.75, 3.05) is 25.6 Å². The monoisotopic (exact) mass is 341 g/mol. The van der Waals surface area contributed by atoms with Crippen LogP contribution in [0.25, 0.3) is 0 Å². The number of halogens is 1. The smallest absolute Gasteiger partial charge is 0.410 e. The summed E-state index contributed by atoms with van der Waals surface area (Å²) in [5.74, 6) is 0.401. The Morgan fingerprint density at radius 3 is 2.85 bits per heavy atom. The minimum Gasteiger partial charge on any atom is -0.453 e. The van der Waals surface area contributed by atoms with Gasteiger partial charge in [-0.15, -0.1) is 0 Å². The van der Waals surface area contributed by atoms with Crippen molar-refractivity contribution in [1.29, 1.82) is 0 Å². The number of nitrogens with zero attached hydrogens (tertiary/aromatic N) is 3. The molecule has 1 fully saturated rings. The molecule has 7 heteroatoms. The second-order valence-electron chi connectivity index (χ2n) is 4.55. The molecule has 1 aromatic heterocycles. The zero-order valence-electron chi connectivity index (χ0n) is 11.4. The molecule has 0 saturated carbocycles. The number of anilines is 1. The first-order valence-electron chi connectivity index (χ1n) is 6.28. The average molecular weight is 342 g/mol. The number of carbonyl (C=O) groups excluding carboxylic acids is 2. The Labute approximate surface area is 125 Å². The Balaban J connectivity index is 2.13. The standard InChI is InChI=1S/C13H16BrN3O3/c1-16(11-6-5-9(14)8-15-11)12(18)10-4-3-7-17(10)13(19)20-2/h5-6,8,10H,3-4,7H2,1-2H3/t10-/m1/s1. The molecule has 2 amide bonds. The fraction of sp³-hybridized carbons (Fsp3) is 0.462. The van der Waals surface area contributed by atoms with Gasteiger partial charge in [0.25, 0.3) is 5.91 Å². The normalized spacial score (nSPS) is 17.9. The summed E-state index contributed by atoms with van der Waals surface area (Å²) in [6, 6.07) is 3.09. The lowest BCUT2D eigenvalue weighted by Gasteiger charge is -2.26. The van der Waals surface area contributed by atoms with Crippen molar-refractivity contribution in [3.63, 3.8) is 0 Å². The van der Waals surface area contributed by atoms with Crippen LogP contribution in [0.5, 0.6) is 0 Å². The van der Waals surface area contributed by atoms with Gasteiger partial charge in [-0.2, -0.15) is 0 Å². The quantitative estimate of drug-likeness (QED) is 0.825. The molecule has 20 heavy (non-hydrogen) atoms. The van der Waals surface area contributed by atoms with E-state index in [1.807, 2.05) is 6.07 Å². The first kappa shape index (κ1) is 14.8. The highest BCUT2D eigenvalue weighted by atomic mass is 79.9. The van der Waals surface area contributed by atoms with E-state index in [1.165, 1.54) is 16.9 Å². The lowest BCUT2D eigenvalue weighted by Crippen LogP contribution is -2.46. The zero-order chi connectivity index (χ0) is 14.7. The molecule has 0 bridgehead atoms. The van der Waals surface area contributed by atoms with Gasteiger partial charge in [-0.3, -0.25) is 14.6 Å². The number of aromatic nitrogens is 1. The van der Waals surface area contributed by atoms with Crippen LogP contribution in [-0.4, -0.2) is 48.6 Å². The van der Waals surface area contributed by atoms with Gasteiger partial charge in [0.1, 0.15) is 11.9 Å². The van der Waals surface area contributed by atoms with Gasteiger partial charge in [-0.1, -0.05) is 0 Å². The number of likely N-dealkylation sites (tertiary alicyclic amines) is 1. The fourth-order valence-corrected chi connectivity index (χ4v) is 2.50. The molecule has 108 valence electrons. The van der Waals surface area contributed by atoms with E-state index in [0.29, 0.717) is 18.8 Å². The summed E-state index contributed by atoms with van der Waals surface area (Å²) < 4.78 is 5.56. The van der Waals surface area contributed by atoms with Crippen molar-refractivity contribution in [2.45, 2.75) is 18.9 Å². The highest BCUT2D eigenvalue weighted by Crippen LogP contribution is 2.22. The third kappa shape index (κ3) is 2.92. The third-order valence-electron chi connectivity index (χ3n) is 3.33. The summed E-state index contributed by atoms with van der Waals surface area (Å²) in [4.78, 5) is 31.3. The van der Waals surface area contributed by atoms with E-state index in [0.717, 1.165) is 10.9 Å². The van der Waals surface area contributed by atoms with Gasteiger partial charge >= 0.3 is 6.09 Å². The summed E-state index contributed by atoms with van der Waals surface area (Å²) >= 11 is 3.30. The Morgan fingerprint density at radius 1 is 1.50 bits per heavy atom. The Hall–Kier alpha value is -1.63. The highest BCUT2D eigenvalue weighted by molar-refractivity contribution is 9.10. The molecule has 0 aromatic carbocycles. The number of rotatable bonds is 2. The van der Waals surface area contributed by atoms with Gasteiger partial charge in [0.05, 0.1) is 7.11 Å². The molecule has 1 atom stereocenters. The van der Waals surface area contributed by atoms with E-state index >= 15 is 0 Å². The number of carbonyl (C=O) groups is 2. The van der Waals surface area contributed by atoms with E-state index in [2.05, 4.69) is 20.9 Å². The molecule has 0 aliphatic carbocycles. The zero-order valence-corrected chi connectivity index (χ0v) is 13.0. The van der Waals surface area contributed by atoms with Crippen molar-refractivity contribution < 1.29 is 14.3 Å². The lowest BCUT2D eigenvalue weighted by molar-refractivity contribution is -0.122. The molecular formula is C13H16BrN3O3. The van der Waals surface area contributed by atoms with Crippen molar-refractivity contribution in [3.8, 4) is 0 Å². The van der Waals surface area contributed by atoms with Gasteiger partial charge in [-0.25, -0.2) is 9.78 Å². The predicted octanol–water partition coefficient (Wildman–Crippen LogP) is 2.04. The molecule has 0 radical (unpaired) electrons. The number of amides is 2. The van der Waals surface area contributed by atoms with Crippen molar-refractivity contribution >= 4 is 33.7 Å². The summed E-state index contributed by atoms with van der Waals surface area (Å²) in [5.41, 5.74) is 0. The molecule has 0 unspecified atom stereocenters. The van der Waals surface area contributed by atoms with Gasteiger partial charge in [0.15, 0.2) is 0 Å². The molecule has 0 spiro atoms. The van der Waals surface area contributed by atoms with Crippen molar-refractivity contribution in [2.24, 2.45) is 0 Å². The predicted molar refractivity (Wildman–Crippen MR) is 77.5 cm³/mol. The van der Waals surface area contributed by atoms with E-state index in [1.54, 1.807) is 19.3 Å². The molecule has 0 N–H and O–H groups in total. The summed E-state index contributed by atoms with van der Waals surface area (Å²) in [6.45, 7) is 0.546. The fourth-order valence-electron chi connectivity index (χ4n) is 2.26. The van der Waals surface area contributed by atoms with Crippen LogP contribution in [0.2, 0.25) is 0 Å². The maximum atomic E-state index is 12.5. The van der Waals surface area contributed by atoms with Crippen LogP contribution in [0.1, 0.15) is 12.8 Å². The summed E-state index contributed by atoms with van der Waals surface area (Å²) in [6.07, 6.45) is 2.62. The van der Waals surface area contributed by atoms with Crippen LogP contribution in [0.15, 0.2) is 22.8 Å². The third-order valence-corrected chi connectivity index (χ3v) is 3.80. The lowest BCUT2D eigenvalue weighted by atomic mass is 10.2.